The zero-order valence-electron chi connectivity index (χ0n) is 14.8. The molecule has 24 heavy (non-hydrogen) atoms. The number of hydrogen-bond donors (Lipinski definition) is 3. The minimum Gasteiger partial charge on any atom is -0.481 e. The van der Waals surface area contributed by atoms with E-state index in [-0.39, 0.29) is 28.6 Å². The molecule has 4 aliphatic rings. The standard InChI is InChI=1S/C20H30O4/c1-11-12-9-13(21)15-18(2)6-4-7-19(3,17(23)24)14(18)5-8-20(15,10-12)16(11)22/h12-16,21-22H,1,4-10H2,2-3H3,(H,23,24). The molecule has 0 radical (unpaired) electrons. The molecule has 4 saturated carbocycles. The second kappa shape index (κ2) is 4.85. The molecule has 0 amide bonds. The molecule has 0 aromatic carbocycles. The first-order chi connectivity index (χ1) is 11.2. The van der Waals surface area contributed by atoms with Gasteiger partial charge in [-0.2, -0.15) is 0 Å². The van der Waals surface area contributed by atoms with Crippen LogP contribution >= 0.6 is 0 Å². The first kappa shape index (κ1) is 16.6. The van der Waals surface area contributed by atoms with Gasteiger partial charge in [0.1, 0.15) is 0 Å². The van der Waals surface area contributed by atoms with E-state index in [0.29, 0.717) is 6.42 Å². The highest BCUT2D eigenvalue weighted by atomic mass is 16.4. The summed E-state index contributed by atoms with van der Waals surface area (Å²) in [5, 5.41) is 31.9. The van der Waals surface area contributed by atoms with Crippen molar-refractivity contribution in [2.75, 3.05) is 0 Å². The van der Waals surface area contributed by atoms with Crippen molar-refractivity contribution >= 4 is 5.97 Å². The monoisotopic (exact) mass is 334 g/mol. The lowest BCUT2D eigenvalue weighted by atomic mass is 9.40. The molecule has 8 atom stereocenters. The smallest absolute Gasteiger partial charge is 0.309 e. The van der Waals surface area contributed by atoms with Crippen molar-refractivity contribution in [3.63, 3.8) is 0 Å². The third-order valence-corrected chi connectivity index (χ3v) is 8.65. The molecule has 0 saturated heterocycles. The SMILES string of the molecule is C=C1C2CC(O)C3C4(C)CCCC(C)(C(=O)O)C4CCC3(C2)C1O. The largest absolute Gasteiger partial charge is 0.481 e. The van der Waals surface area contributed by atoms with Gasteiger partial charge in [0.15, 0.2) is 0 Å². The van der Waals surface area contributed by atoms with Crippen molar-refractivity contribution in [1.82, 2.24) is 0 Å². The van der Waals surface area contributed by atoms with E-state index in [0.717, 1.165) is 44.1 Å². The molecule has 4 heteroatoms. The van der Waals surface area contributed by atoms with Crippen molar-refractivity contribution in [1.29, 1.82) is 0 Å². The van der Waals surface area contributed by atoms with E-state index in [1.165, 1.54) is 0 Å². The molecule has 4 fully saturated rings. The number of hydrogen-bond acceptors (Lipinski definition) is 3. The van der Waals surface area contributed by atoms with Gasteiger partial charge in [-0.15, -0.1) is 0 Å². The van der Waals surface area contributed by atoms with Crippen LogP contribution in [0.2, 0.25) is 0 Å². The molecular formula is C20H30O4. The molecule has 4 aliphatic carbocycles. The van der Waals surface area contributed by atoms with Crippen LogP contribution in [0.5, 0.6) is 0 Å². The van der Waals surface area contributed by atoms with Crippen molar-refractivity contribution in [3.05, 3.63) is 12.2 Å². The lowest BCUT2D eigenvalue weighted by Crippen LogP contribution is -2.63. The van der Waals surface area contributed by atoms with Gasteiger partial charge in [0, 0.05) is 5.41 Å². The second-order valence-electron chi connectivity index (χ2n) is 9.57. The Bertz CT molecular complexity index is 600. The van der Waals surface area contributed by atoms with Gasteiger partial charge < -0.3 is 15.3 Å². The van der Waals surface area contributed by atoms with Crippen LogP contribution in [0.1, 0.15) is 58.8 Å². The van der Waals surface area contributed by atoms with Crippen LogP contribution in [-0.2, 0) is 4.79 Å². The fourth-order valence-electron chi connectivity index (χ4n) is 7.73. The Labute approximate surface area is 144 Å². The summed E-state index contributed by atoms with van der Waals surface area (Å²) < 4.78 is 0. The number of aliphatic hydroxyl groups excluding tert-OH is 2. The van der Waals surface area contributed by atoms with Gasteiger partial charge in [0.25, 0.3) is 0 Å². The fourth-order valence-corrected chi connectivity index (χ4v) is 7.73. The lowest BCUT2D eigenvalue weighted by Gasteiger charge is -2.64. The molecule has 0 aliphatic heterocycles. The molecule has 1 spiro atoms. The van der Waals surface area contributed by atoms with Crippen LogP contribution in [0.25, 0.3) is 0 Å². The summed E-state index contributed by atoms with van der Waals surface area (Å²) in [4.78, 5) is 12.1. The van der Waals surface area contributed by atoms with Crippen LogP contribution in [-0.4, -0.2) is 33.5 Å². The summed E-state index contributed by atoms with van der Waals surface area (Å²) >= 11 is 0. The minimum absolute atomic E-state index is 0.0202. The molecular weight excluding hydrogens is 304 g/mol. The maximum atomic E-state index is 12.1. The molecule has 0 aromatic rings. The second-order valence-corrected chi connectivity index (χ2v) is 9.57. The first-order valence-electron chi connectivity index (χ1n) is 9.45. The zero-order valence-corrected chi connectivity index (χ0v) is 14.8. The highest BCUT2D eigenvalue weighted by Crippen LogP contribution is 2.72. The molecule has 4 nitrogen and oxygen atoms in total. The van der Waals surface area contributed by atoms with E-state index in [4.69, 9.17) is 0 Å². The Kier molecular flexibility index (Phi) is 3.35. The molecule has 3 N–H and O–H groups in total. The number of carbonyl (C=O) groups is 1. The van der Waals surface area contributed by atoms with E-state index in [2.05, 4.69) is 13.5 Å². The van der Waals surface area contributed by atoms with Gasteiger partial charge in [-0.05, 0) is 74.2 Å². The van der Waals surface area contributed by atoms with Crippen LogP contribution in [0.4, 0.5) is 0 Å². The van der Waals surface area contributed by atoms with Crippen LogP contribution in [0.3, 0.4) is 0 Å². The summed E-state index contributed by atoms with van der Waals surface area (Å²) in [5.41, 5.74) is -0.331. The summed E-state index contributed by atoms with van der Waals surface area (Å²) in [5.74, 6) is -0.429. The van der Waals surface area contributed by atoms with Gasteiger partial charge in [-0.3, -0.25) is 4.79 Å². The highest BCUT2D eigenvalue weighted by molar-refractivity contribution is 5.75. The van der Waals surface area contributed by atoms with E-state index in [9.17, 15) is 20.1 Å². The van der Waals surface area contributed by atoms with Crippen LogP contribution in [0, 0.1) is 34.0 Å². The summed E-state index contributed by atoms with van der Waals surface area (Å²) in [6.45, 7) is 8.22. The maximum absolute atomic E-state index is 12.1. The number of fused-ring (bicyclic) bond motifs is 3. The molecule has 8 unspecified atom stereocenters. The number of carboxylic acid groups (broad SMARTS) is 1. The Morgan fingerprint density at radius 1 is 1.21 bits per heavy atom. The minimum atomic E-state index is -0.717. The van der Waals surface area contributed by atoms with Gasteiger partial charge in [-0.25, -0.2) is 0 Å². The highest BCUT2D eigenvalue weighted by Gasteiger charge is 2.69. The first-order valence-corrected chi connectivity index (χ1v) is 9.45. The quantitative estimate of drug-likeness (QED) is 0.644. The third kappa shape index (κ3) is 1.74. The maximum Gasteiger partial charge on any atom is 0.309 e. The van der Waals surface area contributed by atoms with Crippen molar-refractivity contribution in [3.8, 4) is 0 Å². The van der Waals surface area contributed by atoms with Crippen LogP contribution in [0.15, 0.2) is 12.2 Å². The van der Waals surface area contributed by atoms with Gasteiger partial charge in [0.05, 0.1) is 17.6 Å². The third-order valence-electron chi connectivity index (χ3n) is 8.65. The van der Waals surface area contributed by atoms with Gasteiger partial charge in [-0.1, -0.05) is 19.9 Å². The molecule has 0 aromatic heterocycles. The summed E-state index contributed by atoms with van der Waals surface area (Å²) in [6, 6.07) is 0. The fraction of sp³-hybridized carbons (Fsp3) is 0.850. The topological polar surface area (TPSA) is 77.8 Å². The van der Waals surface area contributed by atoms with Crippen molar-refractivity contribution in [2.45, 2.75) is 71.0 Å². The summed E-state index contributed by atoms with van der Waals surface area (Å²) in [7, 11) is 0. The molecule has 4 rings (SSSR count). The van der Waals surface area contributed by atoms with E-state index in [1.807, 2.05) is 6.92 Å². The molecule has 0 heterocycles. The molecule has 2 bridgehead atoms. The lowest BCUT2D eigenvalue weighted by molar-refractivity contribution is -0.212. The Hall–Kier alpha value is -0.870. The number of carboxylic acids is 1. The Morgan fingerprint density at radius 2 is 1.92 bits per heavy atom. The van der Waals surface area contributed by atoms with E-state index in [1.54, 1.807) is 0 Å². The number of aliphatic hydroxyl groups is 2. The molecule has 134 valence electrons. The van der Waals surface area contributed by atoms with Crippen molar-refractivity contribution < 1.29 is 20.1 Å². The Morgan fingerprint density at radius 3 is 2.58 bits per heavy atom. The normalized spacial score (nSPS) is 56.5. The van der Waals surface area contributed by atoms with E-state index >= 15 is 0 Å². The van der Waals surface area contributed by atoms with E-state index < -0.39 is 23.6 Å². The van der Waals surface area contributed by atoms with Crippen molar-refractivity contribution in [2.24, 2.45) is 34.0 Å². The predicted molar refractivity (Wildman–Crippen MR) is 90.2 cm³/mol. The van der Waals surface area contributed by atoms with Crippen LogP contribution < -0.4 is 0 Å². The average molecular weight is 334 g/mol. The van der Waals surface area contributed by atoms with Gasteiger partial charge >= 0.3 is 5.97 Å². The number of rotatable bonds is 1. The average Bonchev–Trinajstić information content (AvgIpc) is 2.68. The zero-order chi connectivity index (χ0) is 17.5. The Balaban J connectivity index is 1.82. The predicted octanol–water partition coefficient (Wildman–Crippen LogP) is 2.98. The summed E-state index contributed by atoms with van der Waals surface area (Å²) in [6.07, 6.45) is 4.80. The number of aliphatic carboxylic acids is 1. The van der Waals surface area contributed by atoms with Gasteiger partial charge in [0.2, 0.25) is 0 Å².